The number of allylic oxidation sites excluding steroid dienone is 1. The predicted molar refractivity (Wildman–Crippen MR) is 180 cm³/mol. The average Bonchev–Trinajstić information content (AvgIpc) is 3.88. The Bertz CT molecular complexity index is 2140. The number of fused-ring (bicyclic) bond motifs is 1. The molecule has 0 spiro atoms. The van der Waals surface area contributed by atoms with E-state index in [-0.39, 0.29) is 12.2 Å². The van der Waals surface area contributed by atoms with E-state index in [9.17, 15) is 4.79 Å². The van der Waals surface area contributed by atoms with E-state index in [1.807, 2.05) is 60.8 Å². The highest BCUT2D eigenvalue weighted by Crippen LogP contribution is 2.40. The van der Waals surface area contributed by atoms with Crippen molar-refractivity contribution in [1.29, 1.82) is 5.26 Å². The molecular weight excluding hydrogens is 621 g/mol. The van der Waals surface area contributed by atoms with Gasteiger partial charge in [-0.05, 0) is 54.1 Å². The van der Waals surface area contributed by atoms with E-state index < -0.39 is 0 Å². The van der Waals surface area contributed by atoms with Crippen molar-refractivity contribution in [3.8, 4) is 37.7 Å². The fourth-order valence-corrected chi connectivity index (χ4v) is 7.27. The van der Waals surface area contributed by atoms with Gasteiger partial charge in [0.05, 0.1) is 21.5 Å². The number of hydrogen-bond donors (Lipinski definition) is 0. The first-order valence-electron chi connectivity index (χ1n) is 13.6. The second kappa shape index (κ2) is 12.6. The molecule has 0 saturated carbocycles. The van der Waals surface area contributed by atoms with Crippen LogP contribution in [0, 0.1) is 11.3 Å². The normalized spacial score (nSPS) is 11.3. The Morgan fingerprint density at radius 3 is 1.91 bits per heavy atom. The van der Waals surface area contributed by atoms with Crippen molar-refractivity contribution < 1.29 is 9.53 Å². The number of para-hydroxylation sites is 2. The summed E-state index contributed by atoms with van der Waals surface area (Å²) in [5.74, 6) is -0.102. The predicted octanol–water partition coefficient (Wildman–Crippen LogP) is 9.11. The monoisotopic (exact) mass is 640 g/mol. The standard InChI is InChI=1S/C34H20N6O2S3/c35-18-26(42-21-41)17-27-19-36-33(43-27)28-15-16-29(32-31(28)38-45-39-32)34-37-20-30(44-34)22-11-13-25(14-12-22)40(23-7-3-1-4-8-23)24-9-5-2-6-10-24/h1-17,19-21H/b26-17-. The van der Waals surface area contributed by atoms with Crippen LogP contribution in [-0.2, 0) is 9.53 Å². The van der Waals surface area contributed by atoms with E-state index in [4.69, 9.17) is 10.2 Å². The Labute approximate surface area is 270 Å². The molecule has 216 valence electrons. The first-order chi connectivity index (χ1) is 22.2. The largest absolute Gasteiger partial charge is 0.417 e. The fourth-order valence-electron chi connectivity index (χ4n) is 4.87. The highest BCUT2D eigenvalue weighted by atomic mass is 32.1. The number of nitrogens with zero attached hydrogens (tertiary/aromatic N) is 6. The fraction of sp³-hybridized carbons (Fsp3) is 0. The van der Waals surface area contributed by atoms with Crippen LogP contribution in [0.15, 0.2) is 115 Å². The van der Waals surface area contributed by atoms with Crippen molar-refractivity contribution in [3.05, 3.63) is 120 Å². The number of benzene rings is 4. The first-order valence-corrected chi connectivity index (χ1v) is 16.0. The topological polar surface area (TPSA) is 105 Å². The smallest absolute Gasteiger partial charge is 0.299 e. The number of carbonyl (C=O) groups excluding carboxylic acids is 1. The van der Waals surface area contributed by atoms with Crippen molar-refractivity contribution in [2.75, 3.05) is 4.90 Å². The van der Waals surface area contributed by atoms with Crippen LogP contribution in [0.4, 0.5) is 17.1 Å². The minimum Gasteiger partial charge on any atom is -0.417 e. The molecule has 0 fully saturated rings. The molecule has 7 aromatic rings. The van der Waals surface area contributed by atoms with Crippen molar-refractivity contribution in [3.63, 3.8) is 0 Å². The SMILES string of the molecule is N#C/C(=C/c1cnc(-c2ccc(-c3ncc(-c4ccc(N(c5ccccc5)c5ccccc5)cc4)s3)c3nsnc23)s1)OC=O. The van der Waals surface area contributed by atoms with Gasteiger partial charge in [-0.3, -0.25) is 4.79 Å². The summed E-state index contributed by atoms with van der Waals surface area (Å²) < 4.78 is 13.9. The maximum atomic E-state index is 10.6. The molecule has 3 heterocycles. The summed E-state index contributed by atoms with van der Waals surface area (Å²) in [7, 11) is 0. The van der Waals surface area contributed by atoms with Crippen LogP contribution >= 0.6 is 34.4 Å². The van der Waals surface area contributed by atoms with Gasteiger partial charge in [-0.25, -0.2) is 9.97 Å². The molecule has 0 N–H and O–H groups in total. The zero-order chi connectivity index (χ0) is 30.6. The van der Waals surface area contributed by atoms with Crippen LogP contribution in [0.2, 0.25) is 0 Å². The molecule has 3 aromatic heterocycles. The molecule has 0 aliphatic carbocycles. The minimum atomic E-state index is -0.102. The quantitative estimate of drug-likeness (QED) is 0.0874. The van der Waals surface area contributed by atoms with Gasteiger partial charge in [-0.1, -0.05) is 48.5 Å². The van der Waals surface area contributed by atoms with Gasteiger partial charge >= 0.3 is 0 Å². The third kappa shape index (κ3) is 5.73. The average molecular weight is 641 g/mol. The lowest BCUT2D eigenvalue weighted by molar-refractivity contribution is -0.124. The van der Waals surface area contributed by atoms with Crippen molar-refractivity contribution in [1.82, 2.24) is 18.7 Å². The molecule has 0 bridgehead atoms. The summed E-state index contributed by atoms with van der Waals surface area (Å²) in [6.07, 6.45) is 5.00. The van der Waals surface area contributed by atoms with Crippen LogP contribution < -0.4 is 4.90 Å². The number of ether oxygens (including phenoxy) is 1. The summed E-state index contributed by atoms with van der Waals surface area (Å²) in [4.78, 5) is 23.9. The Kier molecular flexibility index (Phi) is 7.90. The van der Waals surface area contributed by atoms with Crippen LogP contribution in [0.1, 0.15) is 4.88 Å². The van der Waals surface area contributed by atoms with E-state index in [2.05, 4.69) is 71.9 Å². The van der Waals surface area contributed by atoms with E-state index in [1.54, 1.807) is 17.5 Å². The summed E-state index contributed by atoms with van der Waals surface area (Å²) >= 11 is 4.10. The van der Waals surface area contributed by atoms with Crippen LogP contribution in [0.5, 0.6) is 0 Å². The van der Waals surface area contributed by atoms with E-state index in [1.165, 1.54) is 17.4 Å². The zero-order valence-corrected chi connectivity index (χ0v) is 25.7. The Hall–Kier alpha value is -5.54. The highest BCUT2D eigenvalue weighted by molar-refractivity contribution is 7.18. The lowest BCUT2D eigenvalue weighted by atomic mass is 10.1. The molecule has 0 radical (unpaired) electrons. The summed E-state index contributed by atoms with van der Waals surface area (Å²) in [5.41, 5.74) is 7.53. The molecule has 0 saturated heterocycles. The number of hydrogen-bond acceptors (Lipinski definition) is 11. The molecule has 7 rings (SSSR count). The van der Waals surface area contributed by atoms with Gasteiger partial charge in [0.1, 0.15) is 27.1 Å². The van der Waals surface area contributed by atoms with E-state index >= 15 is 0 Å². The molecule has 8 nitrogen and oxygen atoms in total. The second-order valence-electron chi connectivity index (χ2n) is 9.61. The molecule has 0 atom stereocenters. The highest BCUT2D eigenvalue weighted by Gasteiger charge is 2.18. The maximum Gasteiger partial charge on any atom is 0.299 e. The lowest BCUT2D eigenvalue weighted by Gasteiger charge is -2.25. The third-order valence-electron chi connectivity index (χ3n) is 6.90. The summed E-state index contributed by atoms with van der Waals surface area (Å²) in [5, 5.41) is 10.7. The van der Waals surface area contributed by atoms with Crippen molar-refractivity contribution in [2.24, 2.45) is 0 Å². The second-order valence-corrected chi connectivity index (χ2v) is 12.2. The van der Waals surface area contributed by atoms with E-state index in [0.29, 0.717) is 9.88 Å². The Balaban J connectivity index is 1.18. The maximum absolute atomic E-state index is 10.6. The number of rotatable bonds is 9. The van der Waals surface area contributed by atoms with Gasteiger partial charge in [0.15, 0.2) is 0 Å². The first kappa shape index (κ1) is 28.2. The third-order valence-corrected chi connectivity index (χ3v) is 9.49. The van der Waals surface area contributed by atoms with Crippen molar-refractivity contribution in [2.45, 2.75) is 0 Å². The molecule has 11 heteroatoms. The molecular formula is C34H20N6O2S3. The number of aromatic nitrogens is 4. The molecule has 0 aliphatic rings. The van der Waals surface area contributed by atoms with E-state index in [0.717, 1.165) is 66.4 Å². The van der Waals surface area contributed by atoms with Crippen LogP contribution in [0.25, 0.3) is 48.7 Å². The van der Waals surface area contributed by atoms with Gasteiger partial charge in [0.25, 0.3) is 6.47 Å². The number of anilines is 3. The number of nitriles is 1. The Morgan fingerprint density at radius 1 is 0.733 bits per heavy atom. The number of thiazole rings is 2. The zero-order valence-electron chi connectivity index (χ0n) is 23.3. The minimum absolute atomic E-state index is 0.102. The molecule has 45 heavy (non-hydrogen) atoms. The van der Waals surface area contributed by atoms with Gasteiger partial charge in [0, 0.05) is 46.7 Å². The molecule has 0 aliphatic heterocycles. The Morgan fingerprint density at radius 2 is 1.31 bits per heavy atom. The number of carbonyl (C=O) groups is 1. The molecule has 0 unspecified atom stereocenters. The van der Waals surface area contributed by atoms with Crippen LogP contribution in [-0.4, -0.2) is 25.2 Å². The van der Waals surface area contributed by atoms with Crippen LogP contribution in [0.3, 0.4) is 0 Å². The van der Waals surface area contributed by atoms with Gasteiger partial charge in [-0.15, -0.1) is 22.7 Å². The van der Waals surface area contributed by atoms with Gasteiger partial charge in [0.2, 0.25) is 5.76 Å². The summed E-state index contributed by atoms with van der Waals surface area (Å²) in [6.45, 7) is 0.227. The molecule has 0 amide bonds. The van der Waals surface area contributed by atoms with Gasteiger partial charge in [-0.2, -0.15) is 14.0 Å². The summed E-state index contributed by atoms with van der Waals surface area (Å²) in [6, 6.07) is 35.0. The lowest BCUT2D eigenvalue weighted by Crippen LogP contribution is -2.09. The van der Waals surface area contributed by atoms with Crippen molar-refractivity contribution >= 4 is 75.0 Å². The van der Waals surface area contributed by atoms with Gasteiger partial charge < -0.3 is 9.64 Å². The molecule has 4 aromatic carbocycles.